The van der Waals surface area contributed by atoms with Gasteiger partial charge in [-0.2, -0.15) is 0 Å². The first-order valence-electron chi connectivity index (χ1n) is 13.8. The van der Waals surface area contributed by atoms with E-state index in [1.54, 1.807) is 12.3 Å². The van der Waals surface area contributed by atoms with Gasteiger partial charge in [-0.15, -0.1) is 0 Å². The first-order valence-corrected chi connectivity index (χ1v) is 13.8. The van der Waals surface area contributed by atoms with Crippen molar-refractivity contribution < 1.29 is 9.59 Å². The minimum Gasteiger partial charge on any atom is -0.384 e. The number of nitrogens with two attached hydrogens (primary N) is 2. The molecule has 0 radical (unpaired) electrons. The molecule has 7 heteroatoms. The zero-order valence-corrected chi connectivity index (χ0v) is 22.4. The summed E-state index contributed by atoms with van der Waals surface area (Å²) >= 11 is 0. The second kappa shape index (κ2) is 12.1. The van der Waals surface area contributed by atoms with Gasteiger partial charge in [-0.25, -0.2) is 4.98 Å². The molecule has 1 heterocycles. The molecule has 2 amide bonds. The number of carbonyl (C=O) groups is 2. The highest BCUT2D eigenvalue weighted by Crippen LogP contribution is 2.47. The first-order chi connectivity index (χ1) is 17.8. The number of amides is 2. The van der Waals surface area contributed by atoms with Crippen LogP contribution in [-0.4, -0.2) is 41.3 Å². The van der Waals surface area contributed by atoms with Crippen LogP contribution in [0.1, 0.15) is 62.5 Å². The molecule has 2 aromatic rings. The highest BCUT2D eigenvalue weighted by atomic mass is 16.2. The number of nitrogens with one attached hydrogen (secondary N) is 1. The fraction of sp³-hybridized carbons (Fsp3) is 0.567. The van der Waals surface area contributed by atoms with Crippen LogP contribution in [0.5, 0.6) is 0 Å². The monoisotopic (exact) mass is 505 g/mol. The molecule has 2 fully saturated rings. The smallest absolute Gasteiger partial charge is 0.239 e. The summed E-state index contributed by atoms with van der Waals surface area (Å²) in [6, 6.07) is 13.5. The number of anilines is 1. The first kappa shape index (κ1) is 27.1. The van der Waals surface area contributed by atoms with Crippen molar-refractivity contribution in [3.63, 3.8) is 0 Å². The van der Waals surface area contributed by atoms with E-state index in [1.807, 2.05) is 55.4 Å². The van der Waals surface area contributed by atoms with E-state index in [9.17, 15) is 9.59 Å². The number of carbonyl (C=O) groups excluding carboxylic acids is 2. The second-order valence-corrected chi connectivity index (χ2v) is 11.3. The Kier molecular flexibility index (Phi) is 8.85. The van der Waals surface area contributed by atoms with Gasteiger partial charge >= 0.3 is 0 Å². The van der Waals surface area contributed by atoms with Crippen LogP contribution in [0, 0.1) is 23.7 Å². The Balaban J connectivity index is 1.67. The molecule has 2 aliphatic carbocycles. The third kappa shape index (κ3) is 6.15. The van der Waals surface area contributed by atoms with Crippen LogP contribution in [0.15, 0.2) is 48.7 Å². The van der Waals surface area contributed by atoms with E-state index in [2.05, 4.69) is 10.3 Å². The maximum absolute atomic E-state index is 14.1. The van der Waals surface area contributed by atoms with Crippen LogP contribution in [-0.2, 0) is 22.6 Å². The summed E-state index contributed by atoms with van der Waals surface area (Å²) in [4.78, 5) is 33.5. The molecule has 0 saturated heterocycles. The molecule has 4 rings (SSSR count). The van der Waals surface area contributed by atoms with Crippen LogP contribution in [0.2, 0.25) is 0 Å². The number of pyridine rings is 1. The van der Waals surface area contributed by atoms with E-state index in [4.69, 9.17) is 11.5 Å². The van der Waals surface area contributed by atoms with Crippen LogP contribution >= 0.6 is 0 Å². The Hall–Kier alpha value is -2.93. The average molecular weight is 506 g/mol. The minimum atomic E-state index is -1.15. The molecule has 4 unspecified atom stereocenters. The van der Waals surface area contributed by atoms with Crippen LogP contribution in [0.25, 0.3) is 0 Å². The molecule has 2 aliphatic rings. The van der Waals surface area contributed by atoms with Gasteiger partial charge in [0, 0.05) is 19.2 Å². The maximum Gasteiger partial charge on any atom is 0.239 e. The van der Waals surface area contributed by atoms with Crippen LogP contribution in [0.4, 0.5) is 5.82 Å². The highest BCUT2D eigenvalue weighted by molar-refractivity contribution is 5.93. The summed E-state index contributed by atoms with van der Waals surface area (Å²) in [7, 11) is 3.75. The predicted octanol–water partition coefficient (Wildman–Crippen LogP) is 3.92. The van der Waals surface area contributed by atoms with Gasteiger partial charge in [0.05, 0.1) is 5.92 Å². The summed E-state index contributed by atoms with van der Waals surface area (Å²) in [5.74, 6) is 1.08. The van der Waals surface area contributed by atoms with Gasteiger partial charge in [-0.05, 0) is 61.9 Å². The number of likely N-dealkylation sites (N-methyl/N-ethyl adjacent to an activating group) is 1. The van der Waals surface area contributed by atoms with Crippen molar-refractivity contribution in [1.29, 1.82) is 0 Å². The molecular formula is C30H43N5O2. The lowest BCUT2D eigenvalue weighted by molar-refractivity contribution is -0.143. The zero-order valence-electron chi connectivity index (χ0n) is 22.4. The standard InChI is InChI=1S/C30H43N5O2/c1-35(2)30(29(32)37,18-21-9-4-3-5-10-21)26(28(36)34-20-22-15-16-27(31)33-19-22)17-24-13-8-12-23-11-6-7-14-25(23)24/h3-5,9-10,15-16,19,23-26H,6-8,11-14,17-18,20H2,1-2H3,(H2,31,33)(H2,32,37)(H,34,36)/t23?,24?,25?,26-,30?/m1/s1. The van der Waals surface area contributed by atoms with E-state index in [0.29, 0.717) is 37.0 Å². The Bertz CT molecular complexity index is 1040. The van der Waals surface area contributed by atoms with Gasteiger partial charge in [-0.3, -0.25) is 14.5 Å². The largest absolute Gasteiger partial charge is 0.384 e. The molecule has 2 saturated carbocycles. The SMILES string of the molecule is CN(C)C(Cc1ccccc1)(C(N)=O)[C@H](CC1CCCC2CCCCC21)C(=O)NCc1ccc(N)nc1. The van der Waals surface area contributed by atoms with Crippen molar-refractivity contribution in [3.05, 3.63) is 59.8 Å². The summed E-state index contributed by atoms with van der Waals surface area (Å²) < 4.78 is 0. The molecule has 200 valence electrons. The lowest BCUT2D eigenvalue weighted by atomic mass is 9.61. The van der Waals surface area contributed by atoms with Crippen molar-refractivity contribution >= 4 is 17.6 Å². The Morgan fingerprint density at radius 3 is 2.43 bits per heavy atom. The van der Waals surface area contributed by atoms with Crippen molar-refractivity contribution in [2.75, 3.05) is 19.8 Å². The van der Waals surface area contributed by atoms with Gasteiger partial charge in [0.1, 0.15) is 11.4 Å². The predicted molar refractivity (Wildman–Crippen MR) is 147 cm³/mol. The number of aromatic nitrogens is 1. The van der Waals surface area contributed by atoms with E-state index >= 15 is 0 Å². The molecular weight excluding hydrogens is 462 g/mol. The highest BCUT2D eigenvalue weighted by Gasteiger charge is 2.51. The maximum atomic E-state index is 14.1. The number of primary amides is 1. The third-order valence-electron chi connectivity index (χ3n) is 9.01. The Labute approximate surface area is 221 Å². The van der Waals surface area contributed by atoms with Crippen molar-refractivity contribution in [2.45, 2.75) is 69.9 Å². The van der Waals surface area contributed by atoms with Crippen molar-refractivity contribution in [1.82, 2.24) is 15.2 Å². The summed E-state index contributed by atoms with van der Waals surface area (Å²) in [6.07, 6.45) is 11.4. The molecule has 37 heavy (non-hydrogen) atoms. The van der Waals surface area contributed by atoms with Gasteiger partial charge in [0.25, 0.3) is 0 Å². The normalized spacial score (nSPS) is 24.0. The molecule has 5 atom stereocenters. The fourth-order valence-electron chi connectivity index (χ4n) is 7.02. The van der Waals surface area contributed by atoms with E-state index in [1.165, 1.54) is 38.5 Å². The van der Waals surface area contributed by atoms with E-state index in [-0.39, 0.29) is 5.91 Å². The Morgan fingerprint density at radius 2 is 1.76 bits per heavy atom. The third-order valence-corrected chi connectivity index (χ3v) is 9.01. The lowest BCUT2D eigenvalue weighted by Gasteiger charge is -2.47. The van der Waals surface area contributed by atoms with Crippen LogP contribution in [0.3, 0.4) is 0 Å². The van der Waals surface area contributed by atoms with Gasteiger partial charge in [0.2, 0.25) is 11.8 Å². The number of benzene rings is 1. The number of hydrogen-bond donors (Lipinski definition) is 3. The lowest BCUT2D eigenvalue weighted by Crippen LogP contribution is -2.64. The quantitative estimate of drug-likeness (QED) is 0.453. The fourth-order valence-corrected chi connectivity index (χ4v) is 7.02. The van der Waals surface area contributed by atoms with E-state index in [0.717, 1.165) is 23.5 Å². The Morgan fingerprint density at radius 1 is 1.03 bits per heavy atom. The number of hydrogen-bond acceptors (Lipinski definition) is 5. The van der Waals surface area contributed by atoms with Crippen molar-refractivity contribution in [3.8, 4) is 0 Å². The zero-order chi connectivity index (χ0) is 26.4. The van der Waals surface area contributed by atoms with Crippen molar-refractivity contribution in [2.24, 2.45) is 29.4 Å². The second-order valence-electron chi connectivity index (χ2n) is 11.3. The molecule has 5 N–H and O–H groups in total. The number of rotatable bonds is 10. The van der Waals surface area contributed by atoms with Gasteiger partial charge in [0.15, 0.2) is 0 Å². The molecule has 0 spiro atoms. The summed E-state index contributed by atoms with van der Waals surface area (Å²) in [6.45, 7) is 0.326. The molecule has 1 aromatic carbocycles. The average Bonchev–Trinajstić information content (AvgIpc) is 2.90. The topological polar surface area (TPSA) is 114 Å². The van der Waals surface area contributed by atoms with E-state index < -0.39 is 17.4 Å². The number of nitrogen functional groups attached to an aromatic ring is 1. The molecule has 7 nitrogen and oxygen atoms in total. The summed E-state index contributed by atoms with van der Waals surface area (Å²) in [5.41, 5.74) is 12.7. The van der Waals surface area contributed by atoms with Crippen LogP contribution < -0.4 is 16.8 Å². The number of fused-ring (bicyclic) bond motifs is 1. The molecule has 0 aliphatic heterocycles. The molecule has 1 aromatic heterocycles. The minimum absolute atomic E-state index is 0.127. The summed E-state index contributed by atoms with van der Waals surface area (Å²) in [5, 5.41) is 3.13. The van der Waals surface area contributed by atoms with Gasteiger partial charge in [-0.1, -0.05) is 74.9 Å². The van der Waals surface area contributed by atoms with Gasteiger partial charge < -0.3 is 16.8 Å². The number of nitrogens with zero attached hydrogens (tertiary/aromatic N) is 2. The molecule has 0 bridgehead atoms.